The van der Waals surface area contributed by atoms with E-state index in [2.05, 4.69) is 61.5 Å². The predicted molar refractivity (Wildman–Crippen MR) is 72.7 cm³/mol. The molecule has 88 valence electrons. The minimum Gasteiger partial charge on any atom is -0.399 e. The Hall–Kier alpha value is -1.83. The maximum atomic E-state index is 4.73. The standard InChI is InChI=1S/C15H17NO/c1-15(2,11-16-17-3)10-13-9-8-12-6-4-5-7-14(12)13/h4-11H,1-3H3/b13-10+,16-11+. The van der Waals surface area contributed by atoms with Crippen LogP contribution in [0.15, 0.2) is 41.6 Å². The Morgan fingerprint density at radius 2 is 1.94 bits per heavy atom. The Bertz CT molecular complexity index is 495. The smallest absolute Gasteiger partial charge is 0.106 e. The number of rotatable bonds is 3. The molecule has 1 aromatic rings. The number of hydrogen-bond acceptors (Lipinski definition) is 2. The summed E-state index contributed by atoms with van der Waals surface area (Å²) in [5, 5.41) is 3.85. The number of allylic oxidation sites excluding steroid dienone is 3. The molecular weight excluding hydrogens is 210 g/mol. The molecule has 2 heteroatoms. The molecule has 0 radical (unpaired) electrons. The van der Waals surface area contributed by atoms with Gasteiger partial charge in [-0.2, -0.15) is 0 Å². The van der Waals surface area contributed by atoms with E-state index >= 15 is 0 Å². The lowest BCUT2D eigenvalue weighted by Gasteiger charge is -2.14. The van der Waals surface area contributed by atoms with E-state index in [1.807, 2.05) is 6.21 Å². The summed E-state index contributed by atoms with van der Waals surface area (Å²) >= 11 is 0. The van der Waals surface area contributed by atoms with Crippen LogP contribution < -0.4 is 0 Å². The zero-order chi connectivity index (χ0) is 12.3. The van der Waals surface area contributed by atoms with Crippen molar-refractivity contribution >= 4 is 17.9 Å². The second kappa shape index (κ2) is 4.58. The molecule has 1 aromatic carbocycles. The topological polar surface area (TPSA) is 21.6 Å². The van der Waals surface area contributed by atoms with Gasteiger partial charge in [0.2, 0.25) is 0 Å². The normalized spacial score (nSPS) is 16.8. The molecule has 0 aliphatic heterocycles. The molecule has 0 heterocycles. The zero-order valence-corrected chi connectivity index (χ0v) is 10.5. The fourth-order valence-electron chi connectivity index (χ4n) is 1.93. The number of hydrogen-bond donors (Lipinski definition) is 0. The minimum atomic E-state index is -0.118. The first-order valence-electron chi connectivity index (χ1n) is 5.70. The van der Waals surface area contributed by atoms with Gasteiger partial charge in [-0.1, -0.05) is 61.5 Å². The van der Waals surface area contributed by atoms with Crippen LogP contribution in [0, 0.1) is 5.41 Å². The highest BCUT2D eigenvalue weighted by Crippen LogP contribution is 2.32. The van der Waals surface area contributed by atoms with Crippen LogP contribution >= 0.6 is 0 Å². The lowest BCUT2D eigenvalue weighted by Crippen LogP contribution is -2.09. The number of oxime groups is 1. The maximum Gasteiger partial charge on any atom is 0.106 e. The quantitative estimate of drug-likeness (QED) is 0.569. The first kappa shape index (κ1) is 11.6. The van der Waals surface area contributed by atoms with Gasteiger partial charge in [-0.05, 0) is 16.7 Å². The highest BCUT2D eigenvalue weighted by molar-refractivity contribution is 5.91. The molecule has 0 spiro atoms. The number of fused-ring (bicyclic) bond motifs is 1. The lowest BCUT2D eigenvalue weighted by molar-refractivity contribution is 0.212. The third-order valence-electron chi connectivity index (χ3n) is 2.73. The van der Waals surface area contributed by atoms with Crippen LogP contribution in [0.4, 0.5) is 0 Å². The molecule has 17 heavy (non-hydrogen) atoms. The molecule has 1 aliphatic carbocycles. The predicted octanol–water partition coefficient (Wildman–Crippen LogP) is 3.76. The van der Waals surface area contributed by atoms with Gasteiger partial charge >= 0.3 is 0 Å². The van der Waals surface area contributed by atoms with Gasteiger partial charge in [0.25, 0.3) is 0 Å². The zero-order valence-electron chi connectivity index (χ0n) is 10.5. The Balaban J connectivity index is 2.31. The average Bonchev–Trinajstić information content (AvgIpc) is 2.70. The van der Waals surface area contributed by atoms with Crippen LogP contribution in [0.5, 0.6) is 0 Å². The molecule has 0 amide bonds. The maximum absolute atomic E-state index is 4.73. The molecular formula is C15H17NO. The van der Waals surface area contributed by atoms with Gasteiger partial charge in [0.05, 0.1) is 6.21 Å². The van der Waals surface area contributed by atoms with E-state index in [0.717, 1.165) is 0 Å². The van der Waals surface area contributed by atoms with Gasteiger partial charge in [0.15, 0.2) is 0 Å². The largest absolute Gasteiger partial charge is 0.399 e. The molecule has 0 saturated carbocycles. The first-order valence-corrected chi connectivity index (χ1v) is 5.70. The summed E-state index contributed by atoms with van der Waals surface area (Å²) in [7, 11) is 1.56. The Labute approximate surface area is 102 Å². The van der Waals surface area contributed by atoms with Crippen molar-refractivity contribution < 1.29 is 4.84 Å². The Kier molecular flexibility index (Phi) is 3.14. The highest BCUT2D eigenvalue weighted by atomic mass is 16.6. The second-order valence-electron chi connectivity index (χ2n) is 4.76. The second-order valence-corrected chi connectivity index (χ2v) is 4.76. The van der Waals surface area contributed by atoms with Crippen LogP contribution in [0.25, 0.3) is 11.6 Å². The van der Waals surface area contributed by atoms with Crippen LogP contribution in [0.1, 0.15) is 25.0 Å². The molecule has 0 unspecified atom stereocenters. The van der Waals surface area contributed by atoms with Gasteiger partial charge in [-0.3, -0.25) is 0 Å². The fourth-order valence-corrected chi connectivity index (χ4v) is 1.93. The Morgan fingerprint density at radius 3 is 2.71 bits per heavy atom. The van der Waals surface area contributed by atoms with Gasteiger partial charge in [-0.25, -0.2) is 0 Å². The van der Waals surface area contributed by atoms with Gasteiger partial charge < -0.3 is 4.84 Å². The van der Waals surface area contributed by atoms with Gasteiger partial charge in [0.1, 0.15) is 7.11 Å². The fraction of sp³-hybridized carbons (Fsp3) is 0.267. The van der Waals surface area contributed by atoms with Crippen LogP contribution in [-0.4, -0.2) is 13.3 Å². The molecule has 0 atom stereocenters. The van der Waals surface area contributed by atoms with E-state index in [4.69, 9.17) is 4.84 Å². The monoisotopic (exact) mass is 227 g/mol. The number of nitrogens with zero attached hydrogens (tertiary/aromatic N) is 1. The molecule has 2 nitrogen and oxygen atoms in total. The van der Waals surface area contributed by atoms with Crippen molar-refractivity contribution in [1.82, 2.24) is 0 Å². The van der Waals surface area contributed by atoms with Crippen LogP contribution in [0.2, 0.25) is 0 Å². The van der Waals surface area contributed by atoms with Crippen molar-refractivity contribution in [2.24, 2.45) is 10.6 Å². The van der Waals surface area contributed by atoms with Crippen molar-refractivity contribution in [2.75, 3.05) is 7.11 Å². The van der Waals surface area contributed by atoms with Crippen molar-refractivity contribution in [1.29, 1.82) is 0 Å². The third kappa shape index (κ3) is 2.64. The van der Waals surface area contributed by atoms with Crippen LogP contribution in [-0.2, 0) is 4.84 Å². The van der Waals surface area contributed by atoms with E-state index in [1.54, 1.807) is 7.11 Å². The molecule has 0 saturated heterocycles. The van der Waals surface area contributed by atoms with E-state index in [-0.39, 0.29) is 5.41 Å². The van der Waals surface area contributed by atoms with E-state index in [9.17, 15) is 0 Å². The van der Waals surface area contributed by atoms with E-state index in [1.165, 1.54) is 16.7 Å². The summed E-state index contributed by atoms with van der Waals surface area (Å²) in [6.07, 6.45) is 8.31. The SMILES string of the molecule is CO/N=C/C(C)(C)/C=C1\C=Cc2ccccc21. The van der Waals surface area contributed by atoms with Gasteiger partial charge in [0, 0.05) is 5.41 Å². The molecule has 0 aromatic heterocycles. The van der Waals surface area contributed by atoms with E-state index < -0.39 is 0 Å². The highest BCUT2D eigenvalue weighted by Gasteiger charge is 2.16. The molecule has 0 N–H and O–H groups in total. The summed E-state index contributed by atoms with van der Waals surface area (Å²) in [5.41, 5.74) is 3.69. The van der Waals surface area contributed by atoms with Gasteiger partial charge in [-0.15, -0.1) is 0 Å². The van der Waals surface area contributed by atoms with Crippen LogP contribution in [0.3, 0.4) is 0 Å². The summed E-state index contributed by atoms with van der Waals surface area (Å²) in [6.45, 7) is 4.22. The summed E-state index contributed by atoms with van der Waals surface area (Å²) in [6, 6.07) is 8.40. The van der Waals surface area contributed by atoms with E-state index in [0.29, 0.717) is 0 Å². The summed E-state index contributed by atoms with van der Waals surface area (Å²) in [4.78, 5) is 4.73. The Morgan fingerprint density at radius 1 is 1.18 bits per heavy atom. The van der Waals surface area contributed by atoms with Crippen molar-refractivity contribution in [3.05, 3.63) is 47.5 Å². The average molecular weight is 227 g/mol. The lowest BCUT2D eigenvalue weighted by atomic mass is 9.90. The summed E-state index contributed by atoms with van der Waals surface area (Å²) < 4.78 is 0. The first-order chi connectivity index (χ1) is 8.12. The summed E-state index contributed by atoms with van der Waals surface area (Å²) in [5.74, 6) is 0. The van der Waals surface area contributed by atoms with Crippen molar-refractivity contribution in [3.63, 3.8) is 0 Å². The third-order valence-corrected chi connectivity index (χ3v) is 2.73. The molecule has 1 aliphatic rings. The molecule has 2 rings (SSSR count). The minimum absolute atomic E-state index is 0.118. The molecule has 0 bridgehead atoms. The molecule has 0 fully saturated rings. The van der Waals surface area contributed by atoms with Crippen molar-refractivity contribution in [2.45, 2.75) is 13.8 Å². The van der Waals surface area contributed by atoms with Crippen molar-refractivity contribution in [3.8, 4) is 0 Å². The number of benzene rings is 1.